The zero-order chi connectivity index (χ0) is 18.9. The van der Waals surface area contributed by atoms with Crippen molar-refractivity contribution in [1.29, 1.82) is 0 Å². The smallest absolute Gasteiger partial charge is 0.243 e. The third-order valence-corrected chi connectivity index (χ3v) is 6.33. The molecule has 0 radical (unpaired) electrons. The molecule has 4 rings (SSSR count). The predicted octanol–water partition coefficient (Wildman–Crippen LogP) is 3.90. The second kappa shape index (κ2) is 7.06. The van der Waals surface area contributed by atoms with Crippen molar-refractivity contribution >= 4 is 10.0 Å². The molecule has 0 spiro atoms. The second-order valence-electron chi connectivity index (χ2n) is 6.34. The monoisotopic (exact) mass is 381 g/mol. The quantitative estimate of drug-likeness (QED) is 0.673. The van der Waals surface area contributed by atoms with Crippen LogP contribution in [-0.2, 0) is 16.6 Å². The Kier molecular flexibility index (Phi) is 4.59. The van der Waals surface area contributed by atoms with Crippen LogP contribution in [0.3, 0.4) is 0 Å². The van der Waals surface area contributed by atoms with Gasteiger partial charge in [0.15, 0.2) is 11.5 Å². The van der Waals surface area contributed by atoms with Crippen molar-refractivity contribution in [1.82, 2.24) is 4.31 Å². The Balaban J connectivity index is 1.53. The van der Waals surface area contributed by atoms with Gasteiger partial charge in [0, 0.05) is 13.6 Å². The van der Waals surface area contributed by atoms with Crippen LogP contribution in [0, 0.1) is 0 Å². The lowest BCUT2D eigenvalue weighted by Crippen LogP contribution is -2.26. The highest BCUT2D eigenvalue weighted by atomic mass is 32.2. The summed E-state index contributed by atoms with van der Waals surface area (Å²) in [6.45, 7) is 0.445. The Bertz CT molecular complexity index is 1050. The van der Waals surface area contributed by atoms with Crippen LogP contribution in [0.1, 0.15) is 5.56 Å². The van der Waals surface area contributed by atoms with Crippen molar-refractivity contribution in [3.05, 3.63) is 78.4 Å². The molecule has 0 N–H and O–H groups in total. The van der Waals surface area contributed by atoms with Gasteiger partial charge in [-0.15, -0.1) is 0 Å². The molecule has 3 aromatic rings. The van der Waals surface area contributed by atoms with Crippen LogP contribution in [0.4, 0.5) is 0 Å². The highest BCUT2D eigenvalue weighted by Crippen LogP contribution is 2.33. The van der Waals surface area contributed by atoms with E-state index in [2.05, 4.69) is 0 Å². The molecule has 0 fully saturated rings. The molecule has 0 unspecified atom stereocenters. The van der Waals surface area contributed by atoms with E-state index in [0.29, 0.717) is 11.5 Å². The summed E-state index contributed by atoms with van der Waals surface area (Å²) in [4.78, 5) is 0.269. The van der Waals surface area contributed by atoms with Crippen molar-refractivity contribution in [2.45, 2.75) is 11.4 Å². The molecule has 0 bridgehead atoms. The first-order valence-corrected chi connectivity index (χ1v) is 9.98. The minimum atomic E-state index is -3.59. The molecule has 1 heterocycles. The molecule has 6 heteroatoms. The molecule has 1 aliphatic heterocycles. The van der Waals surface area contributed by atoms with E-state index in [0.717, 1.165) is 16.7 Å². The van der Waals surface area contributed by atoms with Crippen LogP contribution in [-0.4, -0.2) is 26.6 Å². The van der Waals surface area contributed by atoms with Crippen LogP contribution in [0.15, 0.2) is 77.7 Å². The average molecular weight is 381 g/mol. The lowest BCUT2D eigenvalue weighted by molar-refractivity contribution is 0.174. The van der Waals surface area contributed by atoms with Crippen LogP contribution in [0.5, 0.6) is 11.5 Å². The summed E-state index contributed by atoms with van der Waals surface area (Å²) < 4.78 is 37.8. The molecule has 3 aromatic carbocycles. The highest BCUT2D eigenvalue weighted by Gasteiger charge is 2.22. The molecule has 1 aliphatic rings. The minimum Gasteiger partial charge on any atom is -0.454 e. The first-order chi connectivity index (χ1) is 13.0. The lowest BCUT2D eigenvalue weighted by Gasteiger charge is -2.18. The molecule has 0 atom stereocenters. The standard InChI is InChI=1S/C21H19NO4S/c1-22(14-16-7-12-20-21(13-16)26-15-25-20)27(23,24)19-10-8-18(9-11-19)17-5-3-2-4-6-17/h2-13H,14-15H2,1H3. The topological polar surface area (TPSA) is 55.8 Å². The molecular weight excluding hydrogens is 362 g/mol. The maximum absolute atomic E-state index is 12.9. The number of rotatable bonds is 5. The SMILES string of the molecule is CN(Cc1ccc2c(c1)OCO2)S(=O)(=O)c1ccc(-c2ccccc2)cc1. The Morgan fingerprint density at radius 3 is 2.26 bits per heavy atom. The van der Waals surface area contributed by atoms with E-state index < -0.39 is 10.0 Å². The molecular formula is C21H19NO4S. The Morgan fingerprint density at radius 1 is 0.852 bits per heavy atom. The maximum atomic E-state index is 12.9. The molecule has 5 nitrogen and oxygen atoms in total. The minimum absolute atomic E-state index is 0.195. The summed E-state index contributed by atoms with van der Waals surface area (Å²) in [6, 6.07) is 22.3. The number of sulfonamides is 1. The first-order valence-electron chi connectivity index (χ1n) is 8.54. The van der Waals surface area contributed by atoms with Crippen molar-refractivity contribution in [3.63, 3.8) is 0 Å². The summed E-state index contributed by atoms with van der Waals surface area (Å²) in [5.41, 5.74) is 2.87. The van der Waals surface area contributed by atoms with Crippen molar-refractivity contribution in [2.24, 2.45) is 0 Å². The Morgan fingerprint density at radius 2 is 1.52 bits per heavy atom. The molecule has 0 aliphatic carbocycles. The van der Waals surface area contributed by atoms with E-state index in [-0.39, 0.29) is 18.2 Å². The number of benzene rings is 3. The summed E-state index contributed by atoms with van der Waals surface area (Å²) in [5, 5.41) is 0. The molecule has 0 aromatic heterocycles. The van der Waals surface area contributed by atoms with Crippen LogP contribution in [0.2, 0.25) is 0 Å². The summed E-state index contributed by atoms with van der Waals surface area (Å²) in [6.07, 6.45) is 0. The van der Waals surface area contributed by atoms with E-state index in [4.69, 9.17) is 9.47 Å². The van der Waals surface area contributed by atoms with E-state index >= 15 is 0 Å². The fourth-order valence-corrected chi connectivity index (χ4v) is 4.17. The van der Waals surface area contributed by atoms with Gasteiger partial charge in [0.05, 0.1) is 4.90 Å². The highest BCUT2D eigenvalue weighted by molar-refractivity contribution is 7.89. The lowest BCUT2D eigenvalue weighted by atomic mass is 10.1. The van der Waals surface area contributed by atoms with E-state index in [9.17, 15) is 8.42 Å². The fraction of sp³-hybridized carbons (Fsp3) is 0.143. The number of nitrogens with zero attached hydrogens (tertiary/aromatic N) is 1. The van der Waals surface area contributed by atoms with Gasteiger partial charge in [-0.25, -0.2) is 8.42 Å². The number of fused-ring (bicyclic) bond motifs is 1. The van der Waals surface area contributed by atoms with Gasteiger partial charge in [-0.2, -0.15) is 4.31 Å². The number of hydrogen-bond acceptors (Lipinski definition) is 4. The van der Waals surface area contributed by atoms with Crippen LogP contribution in [0.25, 0.3) is 11.1 Å². The van der Waals surface area contributed by atoms with Gasteiger partial charge in [-0.05, 0) is 41.0 Å². The average Bonchev–Trinajstić information content (AvgIpc) is 3.16. The molecule has 27 heavy (non-hydrogen) atoms. The number of ether oxygens (including phenoxy) is 2. The first kappa shape index (κ1) is 17.6. The Hall–Kier alpha value is -2.83. The zero-order valence-electron chi connectivity index (χ0n) is 14.8. The van der Waals surface area contributed by atoms with Gasteiger partial charge in [-0.1, -0.05) is 48.5 Å². The molecule has 0 saturated carbocycles. The third-order valence-electron chi connectivity index (χ3n) is 4.51. The van der Waals surface area contributed by atoms with E-state index in [1.807, 2.05) is 54.6 Å². The third kappa shape index (κ3) is 3.54. The maximum Gasteiger partial charge on any atom is 0.243 e. The van der Waals surface area contributed by atoms with Gasteiger partial charge in [0.1, 0.15) is 0 Å². The van der Waals surface area contributed by atoms with Gasteiger partial charge >= 0.3 is 0 Å². The normalized spacial score (nSPS) is 13.1. The van der Waals surface area contributed by atoms with Gasteiger partial charge in [-0.3, -0.25) is 0 Å². The molecule has 0 amide bonds. The molecule has 138 valence electrons. The zero-order valence-corrected chi connectivity index (χ0v) is 15.6. The Labute approximate surface area is 158 Å². The van der Waals surface area contributed by atoms with Gasteiger partial charge in [0.25, 0.3) is 0 Å². The van der Waals surface area contributed by atoms with Crippen LogP contribution < -0.4 is 9.47 Å². The predicted molar refractivity (Wildman–Crippen MR) is 103 cm³/mol. The van der Waals surface area contributed by atoms with Crippen molar-refractivity contribution < 1.29 is 17.9 Å². The van der Waals surface area contributed by atoms with Crippen LogP contribution >= 0.6 is 0 Å². The van der Waals surface area contributed by atoms with Crippen molar-refractivity contribution in [2.75, 3.05) is 13.8 Å². The van der Waals surface area contributed by atoms with E-state index in [1.165, 1.54) is 4.31 Å². The summed E-state index contributed by atoms with van der Waals surface area (Å²) in [5.74, 6) is 1.33. The second-order valence-corrected chi connectivity index (χ2v) is 8.38. The summed E-state index contributed by atoms with van der Waals surface area (Å²) in [7, 11) is -2.01. The largest absolute Gasteiger partial charge is 0.454 e. The fourth-order valence-electron chi connectivity index (χ4n) is 3.01. The van der Waals surface area contributed by atoms with Gasteiger partial charge in [0.2, 0.25) is 16.8 Å². The van der Waals surface area contributed by atoms with E-state index in [1.54, 1.807) is 25.2 Å². The number of hydrogen-bond donors (Lipinski definition) is 0. The van der Waals surface area contributed by atoms with Gasteiger partial charge < -0.3 is 9.47 Å². The summed E-state index contributed by atoms with van der Waals surface area (Å²) >= 11 is 0. The molecule has 0 saturated heterocycles. The van der Waals surface area contributed by atoms with Crippen molar-refractivity contribution in [3.8, 4) is 22.6 Å².